The SMILES string of the molecule is C=CCOC(=O)c1cc(NC(=O)[C@@H]2C[C@@H](CC(=O)S)CN2C(=O)OCC=C)ccc1C. The molecule has 0 saturated carbocycles. The van der Waals surface area contributed by atoms with Crippen LogP contribution in [0.2, 0.25) is 0 Å². The number of nitrogens with one attached hydrogen (secondary N) is 1. The summed E-state index contributed by atoms with van der Waals surface area (Å²) in [5.74, 6) is -1.19. The predicted octanol–water partition coefficient (Wildman–Crippen LogP) is 3.14. The van der Waals surface area contributed by atoms with Gasteiger partial charge in [0.25, 0.3) is 0 Å². The Balaban J connectivity index is 2.18. The Morgan fingerprint density at radius 2 is 1.87 bits per heavy atom. The van der Waals surface area contributed by atoms with Crippen LogP contribution in [0.3, 0.4) is 0 Å². The minimum absolute atomic E-state index is 0.00792. The van der Waals surface area contributed by atoms with Crippen LogP contribution < -0.4 is 5.32 Å². The summed E-state index contributed by atoms with van der Waals surface area (Å²) in [6.07, 6.45) is 2.66. The first-order chi connectivity index (χ1) is 14.8. The van der Waals surface area contributed by atoms with Crippen LogP contribution in [0.25, 0.3) is 0 Å². The van der Waals surface area contributed by atoms with E-state index < -0.39 is 24.0 Å². The Morgan fingerprint density at radius 3 is 2.52 bits per heavy atom. The number of thiol groups is 1. The lowest BCUT2D eigenvalue weighted by Gasteiger charge is -2.23. The number of likely N-dealkylation sites (tertiary alicyclic amines) is 1. The molecule has 2 atom stereocenters. The normalized spacial score (nSPS) is 17.5. The number of benzene rings is 1. The highest BCUT2D eigenvalue weighted by Gasteiger charge is 2.40. The number of rotatable bonds is 9. The lowest BCUT2D eigenvalue weighted by molar-refractivity contribution is -0.120. The van der Waals surface area contributed by atoms with Gasteiger partial charge in [0.05, 0.1) is 5.56 Å². The second-order valence-electron chi connectivity index (χ2n) is 7.14. The van der Waals surface area contributed by atoms with Crippen molar-refractivity contribution in [3.63, 3.8) is 0 Å². The molecule has 1 heterocycles. The smallest absolute Gasteiger partial charge is 0.410 e. The van der Waals surface area contributed by atoms with E-state index in [4.69, 9.17) is 9.47 Å². The first-order valence-electron chi connectivity index (χ1n) is 9.72. The zero-order chi connectivity index (χ0) is 23.0. The molecule has 0 spiro atoms. The van der Waals surface area contributed by atoms with Gasteiger partial charge in [-0.3, -0.25) is 14.5 Å². The predicted molar refractivity (Wildman–Crippen MR) is 119 cm³/mol. The van der Waals surface area contributed by atoms with Crippen molar-refractivity contribution in [2.24, 2.45) is 5.92 Å². The zero-order valence-electron chi connectivity index (χ0n) is 17.3. The summed E-state index contributed by atoms with van der Waals surface area (Å²) >= 11 is 3.80. The maximum atomic E-state index is 13.0. The molecule has 1 aliphatic heterocycles. The molecule has 31 heavy (non-hydrogen) atoms. The number of aryl methyl sites for hydroxylation is 1. The van der Waals surface area contributed by atoms with Crippen molar-refractivity contribution in [2.75, 3.05) is 25.1 Å². The van der Waals surface area contributed by atoms with Crippen LogP contribution in [0.1, 0.15) is 28.8 Å². The molecule has 8 nitrogen and oxygen atoms in total. The van der Waals surface area contributed by atoms with Crippen LogP contribution in [0.15, 0.2) is 43.5 Å². The Kier molecular flexibility index (Phi) is 8.87. The van der Waals surface area contributed by atoms with Crippen molar-refractivity contribution in [3.8, 4) is 0 Å². The molecule has 1 fully saturated rings. The number of amides is 2. The van der Waals surface area contributed by atoms with Gasteiger partial charge in [0.15, 0.2) is 5.12 Å². The average Bonchev–Trinajstić information content (AvgIpc) is 3.14. The molecule has 1 saturated heterocycles. The minimum atomic E-state index is -0.826. The monoisotopic (exact) mass is 446 g/mol. The molecule has 1 aliphatic rings. The van der Waals surface area contributed by atoms with E-state index >= 15 is 0 Å². The van der Waals surface area contributed by atoms with Crippen molar-refractivity contribution >= 4 is 41.4 Å². The number of carbonyl (C=O) groups excluding carboxylic acids is 4. The fraction of sp³-hybridized carbons (Fsp3) is 0.364. The van der Waals surface area contributed by atoms with Gasteiger partial charge in [-0.25, -0.2) is 9.59 Å². The molecular formula is C22H26N2O6S. The van der Waals surface area contributed by atoms with Crippen molar-refractivity contribution in [1.29, 1.82) is 0 Å². The second kappa shape index (κ2) is 11.4. The topological polar surface area (TPSA) is 102 Å². The van der Waals surface area contributed by atoms with Gasteiger partial charge in [-0.1, -0.05) is 31.4 Å². The summed E-state index contributed by atoms with van der Waals surface area (Å²) in [4.78, 5) is 50.2. The molecular weight excluding hydrogens is 420 g/mol. The third-order valence-electron chi connectivity index (χ3n) is 4.77. The molecule has 9 heteroatoms. The van der Waals surface area contributed by atoms with E-state index in [1.807, 2.05) is 0 Å². The highest BCUT2D eigenvalue weighted by molar-refractivity contribution is 7.96. The first-order valence-corrected chi connectivity index (χ1v) is 10.2. The van der Waals surface area contributed by atoms with Gasteiger partial charge in [-0.2, -0.15) is 0 Å². The van der Waals surface area contributed by atoms with Gasteiger partial charge in [0, 0.05) is 18.7 Å². The Bertz CT molecular complexity index is 885. The van der Waals surface area contributed by atoms with Crippen LogP contribution >= 0.6 is 12.6 Å². The van der Waals surface area contributed by atoms with Gasteiger partial charge < -0.3 is 14.8 Å². The Hall–Kier alpha value is -3.07. The highest BCUT2D eigenvalue weighted by Crippen LogP contribution is 2.28. The van der Waals surface area contributed by atoms with Crippen molar-refractivity contribution in [2.45, 2.75) is 25.8 Å². The van der Waals surface area contributed by atoms with Crippen molar-refractivity contribution in [1.82, 2.24) is 4.90 Å². The molecule has 166 valence electrons. The van der Waals surface area contributed by atoms with Crippen LogP contribution in [-0.2, 0) is 19.1 Å². The van der Waals surface area contributed by atoms with E-state index in [2.05, 4.69) is 31.1 Å². The van der Waals surface area contributed by atoms with E-state index in [9.17, 15) is 19.2 Å². The summed E-state index contributed by atoms with van der Waals surface area (Å²) in [5, 5.41) is 2.42. The van der Waals surface area contributed by atoms with E-state index in [1.165, 1.54) is 23.1 Å². The third-order valence-corrected chi connectivity index (χ3v) is 4.95. The van der Waals surface area contributed by atoms with Gasteiger partial charge in [-0.05, 0) is 37.0 Å². The molecule has 2 rings (SSSR count). The molecule has 0 aliphatic carbocycles. The Morgan fingerprint density at radius 1 is 1.19 bits per heavy atom. The molecule has 0 bridgehead atoms. The van der Waals surface area contributed by atoms with Crippen LogP contribution in [0.4, 0.5) is 10.5 Å². The average molecular weight is 447 g/mol. The van der Waals surface area contributed by atoms with Gasteiger partial charge in [-0.15, -0.1) is 12.6 Å². The second-order valence-corrected chi connectivity index (χ2v) is 7.64. The lowest BCUT2D eigenvalue weighted by Crippen LogP contribution is -2.43. The molecule has 1 N–H and O–H groups in total. The van der Waals surface area contributed by atoms with Gasteiger partial charge in [0.2, 0.25) is 5.91 Å². The number of nitrogens with zero attached hydrogens (tertiary/aromatic N) is 1. The number of anilines is 1. The van der Waals surface area contributed by atoms with Crippen molar-refractivity contribution in [3.05, 3.63) is 54.6 Å². The summed E-state index contributed by atoms with van der Waals surface area (Å²) in [7, 11) is 0. The summed E-state index contributed by atoms with van der Waals surface area (Å²) < 4.78 is 10.1. The lowest BCUT2D eigenvalue weighted by atomic mass is 10.0. The number of hydrogen-bond acceptors (Lipinski definition) is 6. The van der Waals surface area contributed by atoms with E-state index in [0.29, 0.717) is 23.2 Å². The Labute approximate surface area is 186 Å². The summed E-state index contributed by atoms with van der Waals surface area (Å²) in [6, 6.07) is 4.03. The number of carbonyl (C=O) groups is 4. The molecule has 0 aromatic heterocycles. The standard InChI is InChI=1S/C22H26N2O6S/c1-4-8-29-21(27)17-12-16(7-6-14(17)3)23-20(26)18-10-15(11-19(25)31)13-24(18)22(28)30-9-5-2/h4-7,12,15,18H,1-2,8-11,13H2,3H3,(H,23,26)(H,25,31)/t15-,18-/m0/s1. The maximum Gasteiger partial charge on any atom is 0.410 e. The third kappa shape index (κ3) is 6.71. The van der Waals surface area contributed by atoms with E-state index in [0.717, 1.165) is 0 Å². The van der Waals surface area contributed by atoms with Gasteiger partial charge in [0.1, 0.15) is 19.3 Å². The molecule has 1 aromatic carbocycles. The molecule has 2 amide bonds. The van der Waals surface area contributed by atoms with Crippen molar-refractivity contribution < 1.29 is 28.7 Å². The minimum Gasteiger partial charge on any atom is -0.458 e. The molecule has 0 radical (unpaired) electrons. The highest BCUT2D eigenvalue weighted by atomic mass is 32.1. The molecule has 1 aromatic rings. The quantitative estimate of drug-likeness (QED) is 0.343. The number of ether oxygens (including phenoxy) is 2. The van der Waals surface area contributed by atoms with E-state index in [-0.39, 0.29) is 37.2 Å². The number of hydrogen-bond donors (Lipinski definition) is 2. The number of esters is 1. The van der Waals surface area contributed by atoms with Crippen LogP contribution in [0, 0.1) is 12.8 Å². The molecule has 0 unspecified atom stereocenters. The maximum absolute atomic E-state index is 13.0. The van der Waals surface area contributed by atoms with Crippen LogP contribution in [-0.4, -0.2) is 53.8 Å². The van der Waals surface area contributed by atoms with Gasteiger partial charge >= 0.3 is 12.1 Å². The largest absolute Gasteiger partial charge is 0.458 e. The fourth-order valence-electron chi connectivity index (χ4n) is 3.34. The van der Waals surface area contributed by atoms with E-state index in [1.54, 1.807) is 19.1 Å². The summed E-state index contributed by atoms with van der Waals surface area (Å²) in [6.45, 7) is 9.04. The first kappa shape index (κ1) is 24.2. The zero-order valence-corrected chi connectivity index (χ0v) is 18.2. The fourth-order valence-corrected chi connectivity index (χ4v) is 3.60. The summed E-state index contributed by atoms with van der Waals surface area (Å²) in [5.41, 5.74) is 1.39. The van der Waals surface area contributed by atoms with Crippen LogP contribution in [0.5, 0.6) is 0 Å².